The van der Waals surface area contributed by atoms with E-state index >= 15 is 0 Å². The number of nitrogens with zero attached hydrogens (tertiary/aromatic N) is 1. The number of phosphoric ester groups is 1. The SMILES string of the molecule is CCCCCCCCCCC/C=C\C/C=C\CCCCCCCCCC(=O)NC(COP(=O)(O)OCC[N+](C)(C)C)C(O)CCCCCCCCCCCCCCCCCCCCCCCCC. The number of carbonyl (C=O) groups excluding carboxylic acids is 1. The van der Waals surface area contributed by atoms with E-state index < -0.39 is 20.0 Å². The Balaban J connectivity index is 4.17. The number of aliphatic hydroxyl groups excluding tert-OH is 1. The van der Waals surface area contributed by atoms with Gasteiger partial charge < -0.3 is 19.8 Å². The number of nitrogens with one attached hydrogen (secondary N) is 1. The molecule has 0 saturated carbocycles. The van der Waals surface area contributed by atoms with Crippen LogP contribution in [0.4, 0.5) is 0 Å². The summed E-state index contributed by atoms with van der Waals surface area (Å²) in [5.74, 6) is -0.147. The van der Waals surface area contributed by atoms with Gasteiger partial charge in [0.1, 0.15) is 13.2 Å². The lowest BCUT2D eigenvalue weighted by molar-refractivity contribution is -0.870. The number of allylic oxidation sites excluding steroid dienone is 4. The third-order valence-corrected chi connectivity index (χ3v) is 14.7. The fraction of sp³-hybridized carbons (Fsp3) is 0.915. The van der Waals surface area contributed by atoms with Gasteiger partial charge in [-0.3, -0.25) is 13.8 Å². The molecule has 0 aliphatic carbocycles. The van der Waals surface area contributed by atoms with Crippen LogP contribution < -0.4 is 5.32 Å². The Morgan fingerprint density at radius 1 is 0.500 bits per heavy atom. The molecule has 1 amide bonds. The van der Waals surface area contributed by atoms with Crippen molar-refractivity contribution in [2.45, 2.75) is 309 Å². The van der Waals surface area contributed by atoms with E-state index in [1.54, 1.807) is 0 Å². The molecule has 3 N–H and O–H groups in total. The largest absolute Gasteiger partial charge is 0.472 e. The van der Waals surface area contributed by atoms with Gasteiger partial charge in [-0.05, 0) is 44.9 Å². The molecule has 8 nitrogen and oxygen atoms in total. The molecule has 0 aliphatic heterocycles. The van der Waals surface area contributed by atoms with Crippen molar-refractivity contribution in [2.24, 2.45) is 0 Å². The molecular formula is C59H118N2O6P+. The zero-order valence-electron chi connectivity index (χ0n) is 46.1. The first-order valence-electron chi connectivity index (χ1n) is 29.7. The predicted molar refractivity (Wildman–Crippen MR) is 295 cm³/mol. The van der Waals surface area contributed by atoms with Gasteiger partial charge in [0, 0.05) is 6.42 Å². The maximum Gasteiger partial charge on any atom is 0.472 e. The van der Waals surface area contributed by atoms with Gasteiger partial charge >= 0.3 is 7.82 Å². The molecule has 404 valence electrons. The van der Waals surface area contributed by atoms with Crippen molar-refractivity contribution in [1.82, 2.24) is 5.32 Å². The second kappa shape index (κ2) is 50.9. The summed E-state index contributed by atoms with van der Waals surface area (Å²) in [7, 11) is 1.62. The molecule has 9 heteroatoms. The smallest absolute Gasteiger partial charge is 0.391 e. The van der Waals surface area contributed by atoms with Gasteiger partial charge in [0.25, 0.3) is 0 Å². The van der Waals surface area contributed by atoms with E-state index in [0.717, 1.165) is 51.4 Å². The van der Waals surface area contributed by atoms with Crippen LogP contribution in [0.5, 0.6) is 0 Å². The van der Waals surface area contributed by atoms with E-state index in [-0.39, 0.29) is 19.1 Å². The van der Waals surface area contributed by atoms with Gasteiger partial charge in [0.15, 0.2) is 0 Å². The Morgan fingerprint density at radius 2 is 0.838 bits per heavy atom. The lowest BCUT2D eigenvalue weighted by atomic mass is 10.0. The lowest BCUT2D eigenvalue weighted by Gasteiger charge is -2.26. The number of quaternary nitrogens is 1. The monoisotopic (exact) mass is 982 g/mol. The summed E-state index contributed by atoms with van der Waals surface area (Å²) in [6, 6.07) is -0.765. The third-order valence-electron chi connectivity index (χ3n) is 13.7. The van der Waals surface area contributed by atoms with Crippen molar-refractivity contribution >= 4 is 13.7 Å². The minimum absolute atomic E-state index is 0.0742. The molecule has 68 heavy (non-hydrogen) atoms. The number of likely N-dealkylation sites (N-methyl/N-ethyl adjacent to an activating group) is 1. The first-order valence-corrected chi connectivity index (χ1v) is 31.2. The quantitative estimate of drug-likeness (QED) is 0.0243. The maximum atomic E-state index is 13.0. The van der Waals surface area contributed by atoms with E-state index in [9.17, 15) is 19.4 Å². The standard InChI is InChI=1S/C59H117N2O6P/c1-6-8-10-12-14-16-18-20-22-24-26-28-30-32-34-36-38-40-42-44-46-48-50-52-58(62)57(56-67-68(64,65)66-55-54-61(3,4)5)60-59(63)53-51-49-47-45-43-41-39-37-35-33-31-29-27-25-23-21-19-17-15-13-11-9-7-2/h27,29,33,35,57-58,62H,6-26,28,30-32,34,36-56H2,1-5H3,(H-,60,63,64,65)/p+1/b29-27-,35-33-. The van der Waals surface area contributed by atoms with Crippen molar-refractivity contribution in [3.63, 3.8) is 0 Å². The highest BCUT2D eigenvalue weighted by atomic mass is 31.2. The van der Waals surface area contributed by atoms with Gasteiger partial charge in [0.05, 0.1) is 39.9 Å². The van der Waals surface area contributed by atoms with Crippen LogP contribution in [0.15, 0.2) is 24.3 Å². The average Bonchev–Trinajstić information content (AvgIpc) is 3.30. The lowest BCUT2D eigenvalue weighted by Crippen LogP contribution is -2.46. The number of phosphoric acid groups is 1. The van der Waals surface area contributed by atoms with Gasteiger partial charge in [-0.1, -0.05) is 269 Å². The van der Waals surface area contributed by atoms with Crippen molar-refractivity contribution in [3.8, 4) is 0 Å². The predicted octanol–water partition coefficient (Wildman–Crippen LogP) is 18.0. The number of carbonyl (C=O) groups is 1. The summed E-state index contributed by atoms with van der Waals surface area (Å²) < 4.78 is 23.8. The first-order chi connectivity index (χ1) is 33.0. The zero-order valence-corrected chi connectivity index (χ0v) is 47.0. The normalized spacial score (nSPS) is 14.0. The zero-order chi connectivity index (χ0) is 49.9. The van der Waals surface area contributed by atoms with E-state index in [2.05, 4.69) is 43.5 Å². The topological polar surface area (TPSA) is 105 Å². The molecule has 3 unspecified atom stereocenters. The minimum Gasteiger partial charge on any atom is -0.391 e. The molecule has 0 aliphatic rings. The molecule has 0 aromatic heterocycles. The second-order valence-corrected chi connectivity index (χ2v) is 23.2. The summed E-state index contributed by atoms with van der Waals surface area (Å²) in [5, 5.41) is 14.1. The average molecular weight is 983 g/mol. The van der Waals surface area contributed by atoms with Crippen LogP contribution in [-0.4, -0.2) is 73.4 Å². The first kappa shape index (κ1) is 67.0. The van der Waals surface area contributed by atoms with Crippen LogP contribution in [0.2, 0.25) is 0 Å². The van der Waals surface area contributed by atoms with Crippen LogP contribution in [0.1, 0.15) is 296 Å². The maximum absolute atomic E-state index is 13.0. The summed E-state index contributed by atoms with van der Waals surface area (Å²) >= 11 is 0. The van der Waals surface area contributed by atoms with Gasteiger partial charge in [-0.2, -0.15) is 0 Å². The van der Waals surface area contributed by atoms with E-state index in [1.807, 2.05) is 21.1 Å². The molecule has 3 atom stereocenters. The molecule has 0 spiro atoms. The van der Waals surface area contributed by atoms with Crippen molar-refractivity contribution in [3.05, 3.63) is 24.3 Å². The highest BCUT2D eigenvalue weighted by Crippen LogP contribution is 2.43. The van der Waals surface area contributed by atoms with Crippen molar-refractivity contribution in [2.75, 3.05) is 40.9 Å². The number of unbranched alkanes of at least 4 members (excludes halogenated alkanes) is 38. The fourth-order valence-corrected chi connectivity index (χ4v) is 9.76. The van der Waals surface area contributed by atoms with Crippen LogP contribution in [-0.2, 0) is 18.4 Å². The molecule has 0 aromatic rings. The van der Waals surface area contributed by atoms with Crippen molar-refractivity contribution in [1.29, 1.82) is 0 Å². The van der Waals surface area contributed by atoms with Crippen LogP contribution in [0.3, 0.4) is 0 Å². The van der Waals surface area contributed by atoms with E-state index in [4.69, 9.17) is 9.05 Å². The Hall–Kier alpha value is -1.02. The van der Waals surface area contributed by atoms with Gasteiger partial charge in [0.2, 0.25) is 5.91 Å². The molecule has 0 aromatic carbocycles. The van der Waals surface area contributed by atoms with Gasteiger partial charge in [-0.25, -0.2) is 4.57 Å². The molecular weight excluding hydrogens is 864 g/mol. The van der Waals surface area contributed by atoms with E-state index in [1.165, 1.54) is 218 Å². The Labute approximate surface area is 424 Å². The highest BCUT2D eigenvalue weighted by molar-refractivity contribution is 7.47. The van der Waals surface area contributed by atoms with Gasteiger partial charge in [-0.15, -0.1) is 0 Å². The Morgan fingerprint density at radius 3 is 1.21 bits per heavy atom. The molecule has 0 rings (SSSR count). The number of aliphatic hydroxyl groups is 1. The molecule has 0 heterocycles. The number of amides is 1. The molecule has 0 fully saturated rings. The molecule has 0 saturated heterocycles. The third kappa shape index (κ3) is 52.8. The van der Waals surface area contributed by atoms with Crippen LogP contribution in [0, 0.1) is 0 Å². The summed E-state index contributed by atoms with van der Waals surface area (Å²) in [6.45, 7) is 4.92. The Bertz CT molecular complexity index is 1160. The second-order valence-electron chi connectivity index (χ2n) is 21.7. The van der Waals surface area contributed by atoms with E-state index in [0.29, 0.717) is 23.9 Å². The molecule has 0 bridgehead atoms. The fourth-order valence-electron chi connectivity index (χ4n) is 9.02. The highest BCUT2D eigenvalue weighted by Gasteiger charge is 2.28. The minimum atomic E-state index is -4.33. The number of hydrogen-bond donors (Lipinski definition) is 3. The summed E-state index contributed by atoms with van der Waals surface area (Å²) in [4.78, 5) is 23.3. The van der Waals surface area contributed by atoms with Crippen LogP contribution >= 0.6 is 7.82 Å². The summed E-state index contributed by atoms with van der Waals surface area (Å²) in [5.41, 5.74) is 0. The Kier molecular flexibility index (Phi) is 50.1. The summed E-state index contributed by atoms with van der Waals surface area (Å²) in [6.07, 6.45) is 63.8. The van der Waals surface area contributed by atoms with Crippen LogP contribution in [0.25, 0.3) is 0 Å². The number of hydrogen-bond acceptors (Lipinski definition) is 5. The molecule has 0 radical (unpaired) electrons. The van der Waals surface area contributed by atoms with Crippen molar-refractivity contribution < 1.29 is 32.9 Å². The number of rotatable bonds is 55.